The third kappa shape index (κ3) is 3.25. The molecule has 1 aliphatic carbocycles. The minimum Gasteiger partial charge on any atom is -0.391 e. The van der Waals surface area contributed by atoms with Crippen LogP contribution in [-0.2, 0) is 9.59 Å². The second-order valence-electron chi connectivity index (χ2n) is 7.38. The number of carbonyl (C=O) groups excluding carboxylic acids is 3. The van der Waals surface area contributed by atoms with Gasteiger partial charge in [-0.05, 0) is 31.6 Å². The van der Waals surface area contributed by atoms with Crippen LogP contribution in [0.2, 0.25) is 0 Å². The van der Waals surface area contributed by atoms with Crippen molar-refractivity contribution in [2.75, 3.05) is 26.2 Å². The molecule has 3 aliphatic rings. The second-order valence-corrected chi connectivity index (χ2v) is 7.38. The van der Waals surface area contributed by atoms with Gasteiger partial charge >= 0.3 is 6.03 Å². The molecule has 0 bridgehead atoms. The summed E-state index contributed by atoms with van der Waals surface area (Å²) in [7, 11) is 0. The molecule has 2 heterocycles. The van der Waals surface area contributed by atoms with E-state index in [4.69, 9.17) is 0 Å². The maximum absolute atomic E-state index is 12.7. The average Bonchev–Trinajstić information content (AvgIpc) is 3.05. The standard InChI is InChI=1S/C16H26N4O4/c1-10-2-4-16(5-3-10)14(23)20(15(24)19-16)9-13(22)18-7-11-6-17-8-12(11)21/h10-12,17,21H,2-9H2,1H3,(H,18,22)(H,19,24). The van der Waals surface area contributed by atoms with Crippen molar-refractivity contribution in [3.63, 3.8) is 0 Å². The van der Waals surface area contributed by atoms with Crippen LogP contribution in [0.15, 0.2) is 0 Å². The summed E-state index contributed by atoms with van der Waals surface area (Å²) in [5.74, 6) is -0.136. The molecule has 24 heavy (non-hydrogen) atoms. The molecular formula is C16H26N4O4. The number of aliphatic hydroxyl groups is 1. The Bertz CT molecular complexity index is 530. The van der Waals surface area contributed by atoms with Crippen molar-refractivity contribution in [3.05, 3.63) is 0 Å². The Morgan fingerprint density at radius 1 is 1.33 bits per heavy atom. The van der Waals surface area contributed by atoms with Crippen LogP contribution in [0.4, 0.5) is 4.79 Å². The Morgan fingerprint density at radius 3 is 2.67 bits per heavy atom. The monoisotopic (exact) mass is 338 g/mol. The first kappa shape index (κ1) is 17.2. The summed E-state index contributed by atoms with van der Waals surface area (Å²) in [5, 5.41) is 18.3. The second kappa shape index (κ2) is 6.68. The largest absolute Gasteiger partial charge is 0.391 e. The summed E-state index contributed by atoms with van der Waals surface area (Å²) in [5.41, 5.74) is -0.810. The van der Waals surface area contributed by atoms with E-state index < -0.39 is 17.7 Å². The van der Waals surface area contributed by atoms with Gasteiger partial charge in [-0.25, -0.2) is 4.79 Å². The van der Waals surface area contributed by atoms with Crippen molar-refractivity contribution in [1.29, 1.82) is 0 Å². The zero-order valence-electron chi connectivity index (χ0n) is 14.0. The van der Waals surface area contributed by atoms with Gasteiger partial charge < -0.3 is 21.1 Å². The van der Waals surface area contributed by atoms with Crippen molar-refractivity contribution in [2.45, 2.75) is 44.2 Å². The first-order chi connectivity index (χ1) is 11.4. The van der Waals surface area contributed by atoms with Crippen LogP contribution in [0.1, 0.15) is 32.6 Å². The lowest BCUT2D eigenvalue weighted by Gasteiger charge is -2.33. The average molecular weight is 338 g/mol. The number of aliphatic hydroxyl groups excluding tert-OH is 1. The molecule has 0 radical (unpaired) electrons. The molecule has 2 saturated heterocycles. The van der Waals surface area contributed by atoms with Gasteiger partial charge in [0.2, 0.25) is 5.91 Å². The van der Waals surface area contributed by atoms with Crippen molar-refractivity contribution >= 4 is 17.8 Å². The Balaban J connectivity index is 1.54. The van der Waals surface area contributed by atoms with Gasteiger partial charge in [0.25, 0.3) is 5.91 Å². The molecule has 3 fully saturated rings. The predicted molar refractivity (Wildman–Crippen MR) is 86.0 cm³/mol. The number of imide groups is 1. The maximum Gasteiger partial charge on any atom is 0.325 e. The van der Waals surface area contributed by atoms with E-state index in [1.165, 1.54) is 0 Å². The molecule has 2 atom stereocenters. The van der Waals surface area contributed by atoms with E-state index in [0.717, 1.165) is 17.7 Å². The SMILES string of the molecule is CC1CCC2(CC1)NC(=O)N(CC(=O)NCC1CNCC1O)C2=O. The highest BCUT2D eigenvalue weighted by atomic mass is 16.3. The summed E-state index contributed by atoms with van der Waals surface area (Å²) in [6, 6.07) is -0.479. The van der Waals surface area contributed by atoms with E-state index in [1.54, 1.807) is 0 Å². The van der Waals surface area contributed by atoms with Gasteiger partial charge in [0.1, 0.15) is 12.1 Å². The molecular weight excluding hydrogens is 312 g/mol. The highest BCUT2D eigenvalue weighted by Gasteiger charge is 2.52. The molecule has 134 valence electrons. The Kier molecular flexibility index (Phi) is 4.78. The third-order valence-electron chi connectivity index (χ3n) is 5.54. The zero-order chi connectivity index (χ0) is 17.3. The fourth-order valence-electron chi connectivity index (χ4n) is 3.79. The molecule has 1 saturated carbocycles. The lowest BCUT2D eigenvalue weighted by molar-refractivity contribution is -0.136. The molecule has 3 rings (SSSR count). The molecule has 0 aromatic heterocycles. The number of nitrogens with zero attached hydrogens (tertiary/aromatic N) is 1. The van der Waals surface area contributed by atoms with Crippen LogP contribution < -0.4 is 16.0 Å². The molecule has 1 spiro atoms. The molecule has 8 nitrogen and oxygen atoms in total. The van der Waals surface area contributed by atoms with Crippen LogP contribution in [-0.4, -0.2) is 65.7 Å². The van der Waals surface area contributed by atoms with E-state index in [9.17, 15) is 19.5 Å². The van der Waals surface area contributed by atoms with Crippen molar-refractivity contribution < 1.29 is 19.5 Å². The van der Waals surface area contributed by atoms with Gasteiger partial charge in [-0.15, -0.1) is 0 Å². The molecule has 2 aliphatic heterocycles. The summed E-state index contributed by atoms with van der Waals surface area (Å²) in [6.45, 7) is 3.38. The summed E-state index contributed by atoms with van der Waals surface area (Å²) in [6.07, 6.45) is 2.60. The number of amides is 4. The zero-order valence-corrected chi connectivity index (χ0v) is 14.0. The fraction of sp³-hybridized carbons (Fsp3) is 0.812. The number of β-amino-alcohol motifs (C(OH)–C–C–N with tert-alkyl or cyclic N) is 1. The van der Waals surface area contributed by atoms with Crippen LogP contribution in [0.5, 0.6) is 0 Å². The van der Waals surface area contributed by atoms with Gasteiger partial charge in [-0.1, -0.05) is 6.92 Å². The fourth-order valence-corrected chi connectivity index (χ4v) is 3.79. The minimum atomic E-state index is -0.810. The Hall–Kier alpha value is -1.67. The van der Waals surface area contributed by atoms with Crippen LogP contribution in [0.25, 0.3) is 0 Å². The quantitative estimate of drug-likeness (QED) is 0.501. The smallest absolute Gasteiger partial charge is 0.325 e. The lowest BCUT2D eigenvalue weighted by Crippen LogP contribution is -2.50. The van der Waals surface area contributed by atoms with E-state index in [0.29, 0.717) is 38.4 Å². The summed E-state index contributed by atoms with van der Waals surface area (Å²) in [4.78, 5) is 37.9. The van der Waals surface area contributed by atoms with Crippen molar-refractivity contribution in [3.8, 4) is 0 Å². The molecule has 4 amide bonds. The number of urea groups is 1. The predicted octanol–water partition coefficient (Wildman–Crippen LogP) is -0.816. The number of rotatable bonds is 4. The van der Waals surface area contributed by atoms with Crippen molar-refractivity contribution in [1.82, 2.24) is 20.9 Å². The molecule has 0 aromatic rings. The lowest BCUT2D eigenvalue weighted by atomic mass is 9.77. The summed E-state index contributed by atoms with van der Waals surface area (Å²) < 4.78 is 0. The Labute approximate surface area is 141 Å². The highest BCUT2D eigenvalue weighted by Crippen LogP contribution is 2.36. The number of hydrogen-bond acceptors (Lipinski definition) is 5. The minimum absolute atomic E-state index is 0.0387. The number of nitrogens with one attached hydrogen (secondary N) is 3. The number of carbonyl (C=O) groups is 3. The van der Waals surface area contributed by atoms with Crippen molar-refractivity contribution in [2.24, 2.45) is 11.8 Å². The van der Waals surface area contributed by atoms with Gasteiger partial charge in [-0.2, -0.15) is 0 Å². The molecule has 8 heteroatoms. The number of hydrogen-bond donors (Lipinski definition) is 4. The summed E-state index contributed by atoms with van der Waals surface area (Å²) >= 11 is 0. The molecule has 0 aromatic carbocycles. The third-order valence-corrected chi connectivity index (χ3v) is 5.54. The van der Waals surface area contributed by atoms with Gasteiger partial charge in [0, 0.05) is 25.6 Å². The first-order valence-electron chi connectivity index (χ1n) is 8.71. The normalized spacial score (nSPS) is 36.2. The molecule has 2 unspecified atom stereocenters. The van der Waals surface area contributed by atoms with E-state index in [-0.39, 0.29) is 24.3 Å². The van der Waals surface area contributed by atoms with E-state index in [2.05, 4.69) is 22.9 Å². The van der Waals surface area contributed by atoms with Crippen LogP contribution in [0, 0.1) is 11.8 Å². The van der Waals surface area contributed by atoms with Gasteiger partial charge in [0.05, 0.1) is 6.10 Å². The van der Waals surface area contributed by atoms with E-state index in [1.807, 2.05) is 0 Å². The van der Waals surface area contributed by atoms with Gasteiger partial charge in [0.15, 0.2) is 0 Å². The molecule has 4 N–H and O–H groups in total. The highest BCUT2D eigenvalue weighted by molar-refractivity contribution is 6.09. The Morgan fingerprint density at radius 2 is 2.04 bits per heavy atom. The van der Waals surface area contributed by atoms with Crippen LogP contribution >= 0.6 is 0 Å². The van der Waals surface area contributed by atoms with E-state index >= 15 is 0 Å². The maximum atomic E-state index is 12.7. The van der Waals surface area contributed by atoms with Crippen LogP contribution in [0.3, 0.4) is 0 Å². The van der Waals surface area contributed by atoms with Gasteiger partial charge in [-0.3, -0.25) is 14.5 Å². The first-order valence-corrected chi connectivity index (χ1v) is 8.71. The topological polar surface area (TPSA) is 111 Å².